The number of Topliss-reactive ketones (excluding diaryl/α,β-unsaturated/α-hetero) is 1. The quantitative estimate of drug-likeness (QED) is 0.180. The Morgan fingerprint density at radius 1 is 0.402 bits per heavy atom. The molecule has 12 aliphatic rings. The molecule has 0 saturated heterocycles. The second-order valence-corrected chi connectivity index (χ2v) is 32.1. The smallest absolute Gasteiger partial charge is 0.155 e. The molecule has 6 nitrogen and oxygen atoms in total. The monoisotopic (exact) mass is 1160 g/mol. The molecule has 3 aromatic heterocycles. The molecule has 1 N–H and O–H groups in total. The molecule has 454 valence electrons. The van der Waals surface area contributed by atoms with Gasteiger partial charge in [0.15, 0.2) is 5.78 Å². The van der Waals surface area contributed by atoms with Crippen LogP contribution in [0.5, 0.6) is 0 Å². The normalized spacial score (nSPS) is 40.6. The van der Waals surface area contributed by atoms with Gasteiger partial charge < -0.3 is 18.8 Å². The SMILES string of the molecule is C[C@]12CCC(=O)C=C1CCC1C2CC[C@]2(C)C(n3ccc4ccccc43)=CCC12.C[C@]12CCC3C(CC[C@H]4CC(=O)CC[C@]34C)C1CC=C2n1ccc2ccccc21.C[C@]12CC[C@H](O)CC1=CCC1C2CC[C@]2(C)C(n3ccc4ccccc43)=CCC12. The summed E-state index contributed by atoms with van der Waals surface area (Å²) in [6, 6.07) is 33.2. The molecule has 12 aliphatic carbocycles. The van der Waals surface area contributed by atoms with Gasteiger partial charge >= 0.3 is 0 Å². The molecule has 6 aromatic rings. The Bertz CT molecular complexity index is 3910. The second-order valence-electron chi connectivity index (χ2n) is 32.1. The number of rotatable bonds is 3. The Labute approximate surface area is 518 Å². The standard InChI is InChI=1S/2C27H33NO.C27H31NO/c3*1-26-14-11-20(29)17-19(26)7-8-21-22-9-10-25(27(22,2)15-12-23(21)26)28-16-13-18-5-3-4-6-24(18)28/h3-6,10,13,16,19,21-23H,7-9,11-12,14-15,17H2,1-2H3;3-7,10,13,16,20-23,29H,8-9,11-12,14-15,17H2,1-2H3;3-6,10,13,16-17,21-23H,7-9,11-12,14-15H2,1-2H3/t19-,21?,22?,23?,26-,27-;20-,21?,22?,23?,26-,27-;21?,22?,23?,26-,27-/m000/s1. The molecule has 87 heavy (non-hydrogen) atoms. The van der Waals surface area contributed by atoms with Crippen LogP contribution in [-0.4, -0.2) is 36.5 Å². The van der Waals surface area contributed by atoms with E-state index in [1.54, 1.807) is 17.0 Å². The molecular weight excluding hydrogens is 1060 g/mol. The predicted molar refractivity (Wildman–Crippen MR) is 356 cm³/mol. The summed E-state index contributed by atoms with van der Waals surface area (Å²) in [6.45, 7) is 15.2. The molecule has 6 heteroatoms. The van der Waals surface area contributed by atoms with Crippen LogP contribution in [0, 0.1) is 91.7 Å². The van der Waals surface area contributed by atoms with Crippen LogP contribution in [0.25, 0.3) is 49.8 Å². The highest BCUT2D eigenvalue weighted by atomic mass is 16.3. The van der Waals surface area contributed by atoms with E-state index in [1.165, 1.54) is 134 Å². The number of hydrogen-bond donors (Lipinski definition) is 1. The molecule has 18 rings (SSSR count). The first-order valence-corrected chi connectivity index (χ1v) is 35.0. The number of aliphatic hydroxyl groups is 1. The Morgan fingerprint density at radius 3 is 1.43 bits per heavy atom. The first kappa shape index (κ1) is 56.5. The maximum absolute atomic E-state index is 12.1. The number of carbonyl (C=O) groups excluding carboxylic acids is 2. The van der Waals surface area contributed by atoms with E-state index in [9.17, 15) is 14.7 Å². The zero-order valence-corrected chi connectivity index (χ0v) is 53.3. The van der Waals surface area contributed by atoms with Crippen LogP contribution in [0.3, 0.4) is 0 Å². The lowest BCUT2D eigenvalue weighted by Crippen LogP contribution is -2.53. The van der Waals surface area contributed by atoms with Gasteiger partial charge in [0.25, 0.3) is 0 Å². The highest BCUT2D eigenvalue weighted by molar-refractivity contribution is 5.92. The van der Waals surface area contributed by atoms with Crippen molar-refractivity contribution in [1.29, 1.82) is 0 Å². The van der Waals surface area contributed by atoms with Gasteiger partial charge in [0, 0.05) is 71.2 Å². The van der Waals surface area contributed by atoms with Gasteiger partial charge in [0.2, 0.25) is 0 Å². The minimum Gasteiger partial charge on any atom is -0.393 e. The summed E-state index contributed by atoms with van der Waals surface area (Å²) in [7, 11) is 0. The van der Waals surface area contributed by atoms with Gasteiger partial charge in [-0.1, -0.05) is 132 Å². The van der Waals surface area contributed by atoms with Crippen molar-refractivity contribution >= 4 is 61.4 Å². The number of ketones is 2. The summed E-state index contributed by atoms with van der Waals surface area (Å²) in [5.74, 6) is 8.58. The molecule has 3 heterocycles. The average molecular weight is 1160 g/mol. The summed E-state index contributed by atoms with van der Waals surface area (Å²) >= 11 is 0. The fourth-order valence-corrected chi connectivity index (χ4v) is 23.9. The van der Waals surface area contributed by atoms with Gasteiger partial charge in [0.1, 0.15) is 5.78 Å². The third-order valence-electron chi connectivity index (χ3n) is 28.7. The van der Waals surface area contributed by atoms with Crippen molar-refractivity contribution in [2.75, 3.05) is 0 Å². The molecule has 7 fully saturated rings. The van der Waals surface area contributed by atoms with Gasteiger partial charge in [-0.15, -0.1) is 0 Å². The number of benzene rings is 3. The number of nitrogens with zero attached hydrogens (tertiary/aromatic N) is 3. The van der Waals surface area contributed by atoms with E-state index >= 15 is 0 Å². The van der Waals surface area contributed by atoms with Crippen LogP contribution >= 0.6 is 0 Å². The van der Waals surface area contributed by atoms with Crippen LogP contribution in [0.15, 0.2) is 151 Å². The Balaban J connectivity index is 0.000000106. The third kappa shape index (κ3) is 8.52. The molecule has 0 spiro atoms. The van der Waals surface area contributed by atoms with E-state index in [0.29, 0.717) is 28.3 Å². The lowest BCUT2D eigenvalue weighted by molar-refractivity contribution is -0.136. The first-order valence-electron chi connectivity index (χ1n) is 35.0. The predicted octanol–water partition coefficient (Wildman–Crippen LogP) is 19.7. The van der Waals surface area contributed by atoms with Gasteiger partial charge in [-0.2, -0.15) is 0 Å². The Morgan fingerprint density at radius 2 is 0.874 bits per heavy atom. The fraction of sp³-hybridized carbons (Fsp3) is 0.556. The Kier molecular flexibility index (Phi) is 13.4. The minimum absolute atomic E-state index is 0.110. The van der Waals surface area contributed by atoms with Crippen molar-refractivity contribution in [3.8, 4) is 0 Å². The topological polar surface area (TPSA) is 69.2 Å². The largest absolute Gasteiger partial charge is 0.393 e. The number of carbonyl (C=O) groups is 2. The van der Waals surface area contributed by atoms with Crippen LogP contribution in [0.1, 0.15) is 183 Å². The molecule has 7 saturated carbocycles. The van der Waals surface area contributed by atoms with E-state index in [-0.39, 0.29) is 27.8 Å². The number of aromatic nitrogens is 3. The molecule has 0 aliphatic heterocycles. The number of fused-ring (bicyclic) bond motifs is 18. The zero-order valence-electron chi connectivity index (χ0n) is 53.3. The van der Waals surface area contributed by atoms with E-state index in [2.05, 4.69) is 189 Å². The van der Waals surface area contributed by atoms with Crippen LogP contribution < -0.4 is 0 Å². The van der Waals surface area contributed by atoms with Gasteiger partial charge in [-0.3, -0.25) is 9.59 Å². The summed E-state index contributed by atoms with van der Waals surface area (Å²) in [4.78, 5) is 24.2. The lowest BCUT2D eigenvalue weighted by Gasteiger charge is -2.60. The summed E-state index contributed by atoms with van der Waals surface area (Å²) in [6.07, 6.45) is 44.5. The van der Waals surface area contributed by atoms with E-state index in [0.717, 1.165) is 105 Å². The molecule has 0 radical (unpaired) electrons. The number of allylic oxidation sites excluding steroid dienone is 9. The van der Waals surface area contributed by atoms with Crippen molar-refractivity contribution in [3.63, 3.8) is 0 Å². The molecular formula is C81H97N3O3. The van der Waals surface area contributed by atoms with Crippen LogP contribution in [0.4, 0.5) is 0 Å². The van der Waals surface area contributed by atoms with E-state index in [4.69, 9.17) is 0 Å². The van der Waals surface area contributed by atoms with Gasteiger partial charge in [-0.05, 0) is 256 Å². The maximum atomic E-state index is 12.1. The van der Waals surface area contributed by atoms with Gasteiger partial charge in [-0.25, -0.2) is 0 Å². The second kappa shape index (κ2) is 20.7. The third-order valence-corrected chi connectivity index (χ3v) is 28.7. The maximum Gasteiger partial charge on any atom is 0.155 e. The molecule has 0 amide bonds. The summed E-state index contributed by atoms with van der Waals surface area (Å²) in [5.41, 5.74) is 13.5. The van der Waals surface area contributed by atoms with Crippen LogP contribution in [0.2, 0.25) is 0 Å². The number of para-hydroxylation sites is 3. The zero-order chi connectivity index (χ0) is 59.4. The van der Waals surface area contributed by atoms with E-state index < -0.39 is 0 Å². The molecule has 3 aromatic carbocycles. The fourth-order valence-electron chi connectivity index (χ4n) is 23.9. The highest BCUT2D eigenvalue weighted by Crippen LogP contribution is 2.70. The lowest BCUT2D eigenvalue weighted by atomic mass is 9.45. The number of aliphatic hydroxyl groups excluding tert-OH is 1. The average Bonchev–Trinajstić information content (AvgIpc) is 1.79. The van der Waals surface area contributed by atoms with Crippen molar-refractivity contribution in [2.24, 2.45) is 91.7 Å². The molecule has 0 bridgehead atoms. The van der Waals surface area contributed by atoms with Crippen molar-refractivity contribution in [1.82, 2.24) is 13.7 Å². The highest BCUT2D eigenvalue weighted by Gasteiger charge is 2.61. The Hall–Kier alpha value is -5.72. The van der Waals surface area contributed by atoms with Gasteiger partial charge in [0.05, 0.1) is 22.7 Å². The van der Waals surface area contributed by atoms with Crippen molar-refractivity contribution < 1.29 is 14.7 Å². The molecule has 17 atom stereocenters. The minimum atomic E-state index is -0.110. The summed E-state index contributed by atoms with van der Waals surface area (Å²) < 4.78 is 7.45. The van der Waals surface area contributed by atoms with E-state index in [1.807, 2.05) is 6.08 Å². The summed E-state index contributed by atoms with van der Waals surface area (Å²) in [5, 5.41) is 14.2. The van der Waals surface area contributed by atoms with Crippen molar-refractivity contribution in [3.05, 3.63) is 151 Å². The number of hydrogen-bond acceptors (Lipinski definition) is 3. The van der Waals surface area contributed by atoms with Crippen LogP contribution in [-0.2, 0) is 9.59 Å². The molecule has 9 unspecified atom stereocenters. The first-order chi connectivity index (χ1) is 42.0. The van der Waals surface area contributed by atoms with Crippen molar-refractivity contribution in [2.45, 2.75) is 189 Å².